The van der Waals surface area contributed by atoms with Crippen molar-refractivity contribution in [1.29, 1.82) is 0 Å². The van der Waals surface area contributed by atoms with Gasteiger partial charge in [0, 0.05) is 23.6 Å². The van der Waals surface area contributed by atoms with Gasteiger partial charge in [0.05, 0.1) is 6.10 Å². The van der Waals surface area contributed by atoms with Crippen LogP contribution in [0.3, 0.4) is 0 Å². The molecule has 2 aromatic rings. The summed E-state index contributed by atoms with van der Waals surface area (Å²) in [7, 11) is 0. The first-order chi connectivity index (χ1) is 12.2. The number of benzene rings is 1. The molecule has 6 heteroatoms. The van der Waals surface area contributed by atoms with Crippen molar-refractivity contribution in [2.75, 3.05) is 6.54 Å². The van der Waals surface area contributed by atoms with Crippen molar-refractivity contribution in [3.8, 4) is 11.4 Å². The molecule has 2 fully saturated rings. The lowest BCUT2D eigenvalue weighted by Gasteiger charge is -2.18. The zero-order chi connectivity index (χ0) is 17.2. The minimum absolute atomic E-state index is 0.190. The van der Waals surface area contributed by atoms with Crippen molar-refractivity contribution in [1.82, 2.24) is 15.5 Å². The molecule has 1 aromatic carbocycles. The topological polar surface area (TPSA) is 88.2 Å². The Morgan fingerprint density at radius 3 is 2.84 bits per heavy atom. The predicted octanol–water partition coefficient (Wildman–Crippen LogP) is 2.89. The van der Waals surface area contributed by atoms with Gasteiger partial charge in [-0.15, -0.1) is 0 Å². The van der Waals surface area contributed by atoms with E-state index in [2.05, 4.69) is 15.5 Å². The van der Waals surface area contributed by atoms with Gasteiger partial charge in [0.1, 0.15) is 0 Å². The second-order valence-corrected chi connectivity index (χ2v) is 7.13. The molecule has 0 aliphatic heterocycles. The molecule has 0 radical (unpaired) electrons. The van der Waals surface area contributed by atoms with E-state index in [1.165, 1.54) is 12.8 Å². The standard InChI is InChI=1S/C19H23N3O3/c23-16(12-4-1-2-5-12)11-20-18(24)15-7-3-6-14(10-15)17-21-19(25-22-17)13-8-9-13/h3,6-7,10,12-13,16,23H,1-2,4-5,8-9,11H2,(H,20,24). The second kappa shape index (κ2) is 6.96. The summed E-state index contributed by atoms with van der Waals surface area (Å²) in [5.74, 6) is 1.73. The number of aliphatic hydroxyl groups is 1. The quantitative estimate of drug-likeness (QED) is 0.843. The highest BCUT2D eigenvalue weighted by atomic mass is 16.5. The zero-order valence-corrected chi connectivity index (χ0v) is 14.1. The fourth-order valence-electron chi connectivity index (χ4n) is 3.46. The molecule has 0 spiro atoms. The van der Waals surface area contributed by atoms with E-state index >= 15 is 0 Å². The van der Waals surface area contributed by atoms with Gasteiger partial charge >= 0.3 is 0 Å². The average Bonchev–Trinajstić information content (AvgIpc) is 3.15. The number of nitrogens with one attached hydrogen (secondary N) is 1. The van der Waals surface area contributed by atoms with Crippen molar-refractivity contribution in [3.63, 3.8) is 0 Å². The first kappa shape index (κ1) is 16.3. The summed E-state index contributed by atoms with van der Waals surface area (Å²) in [5.41, 5.74) is 1.30. The molecular formula is C19H23N3O3. The lowest BCUT2D eigenvalue weighted by Crippen LogP contribution is -2.35. The molecular weight excluding hydrogens is 318 g/mol. The fraction of sp³-hybridized carbons (Fsp3) is 0.526. The summed E-state index contributed by atoms with van der Waals surface area (Å²) in [4.78, 5) is 16.8. The Balaban J connectivity index is 1.40. The maximum absolute atomic E-state index is 12.4. The number of hydrogen-bond donors (Lipinski definition) is 2. The molecule has 25 heavy (non-hydrogen) atoms. The molecule has 2 N–H and O–H groups in total. The van der Waals surface area contributed by atoms with Gasteiger partial charge in [0.2, 0.25) is 11.7 Å². The summed E-state index contributed by atoms with van der Waals surface area (Å²) in [6, 6.07) is 7.19. The normalized spacial score (nSPS) is 19.1. The minimum Gasteiger partial charge on any atom is -0.391 e. The highest BCUT2D eigenvalue weighted by Gasteiger charge is 2.30. The highest BCUT2D eigenvalue weighted by molar-refractivity contribution is 5.95. The summed E-state index contributed by atoms with van der Waals surface area (Å²) in [6.45, 7) is 0.293. The smallest absolute Gasteiger partial charge is 0.251 e. The molecule has 2 aliphatic rings. The number of carbonyl (C=O) groups is 1. The Labute approximate surface area is 146 Å². The average molecular weight is 341 g/mol. The van der Waals surface area contributed by atoms with Crippen LogP contribution in [0.5, 0.6) is 0 Å². The van der Waals surface area contributed by atoms with Crippen LogP contribution >= 0.6 is 0 Å². The van der Waals surface area contributed by atoms with Crippen LogP contribution in [0.2, 0.25) is 0 Å². The third-order valence-electron chi connectivity index (χ3n) is 5.17. The maximum Gasteiger partial charge on any atom is 0.251 e. The summed E-state index contributed by atoms with van der Waals surface area (Å²) >= 11 is 0. The first-order valence-corrected chi connectivity index (χ1v) is 9.11. The number of aliphatic hydroxyl groups excluding tert-OH is 1. The highest BCUT2D eigenvalue weighted by Crippen LogP contribution is 2.39. The van der Waals surface area contributed by atoms with Crippen molar-refractivity contribution in [2.45, 2.75) is 50.5 Å². The van der Waals surface area contributed by atoms with Crippen LogP contribution in [-0.4, -0.2) is 33.8 Å². The van der Waals surface area contributed by atoms with Crippen LogP contribution in [0, 0.1) is 5.92 Å². The van der Waals surface area contributed by atoms with E-state index in [-0.39, 0.29) is 5.91 Å². The lowest BCUT2D eigenvalue weighted by molar-refractivity contribution is 0.0840. The molecule has 1 aromatic heterocycles. The summed E-state index contributed by atoms with van der Waals surface area (Å²) in [5, 5.41) is 17.0. The van der Waals surface area contributed by atoms with Crippen LogP contribution in [-0.2, 0) is 0 Å². The third-order valence-corrected chi connectivity index (χ3v) is 5.17. The van der Waals surface area contributed by atoms with Gasteiger partial charge in [-0.1, -0.05) is 30.1 Å². The third kappa shape index (κ3) is 3.74. The summed E-state index contributed by atoms with van der Waals surface area (Å²) in [6.07, 6.45) is 6.19. The number of nitrogens with zero attached hydrogens (tertiary/aromatic N) is 2. The molecule has 132 valence electrons. The molecule has 1 unspecified atom stereocenters. The van der Waals surface area contributed by atoms with Gasteiger partial charge in [-0.2, -0.15) is 4.98 Å². The van der Waals surface area contributed by atoms with Crippen LogP contribution in [0.4, 0.5) is 0 Å². The predicted molar refractivity (Wildman–Crippen MR) is 92.0 cm³/mol. The van der Waals surface area contributed by atoms with Gasteiger partial charge in [-0.25, -0.2) is 0 Å². The van der Waals surface area contributed by atoms with Crippen molar-refractivity contribution in [2.24, 2.45) is 5.92 Å². The van der Waals surface area contributed by atoms with Gasteiger partial charge < -0.3 is 14.9 Å². The monoisotopic (exact) mass is 341 g/mol. The maximum atomic E-state index is 12.4. The van der Waals surface area contributed by atoms with Crippen molar-refractivity contribution < 1.29 is 14.4 Å². The fourth-order valence-corrected chi connectivity index (χ4v) is 3.46. The van der Waals surface area contributed by atoms with Gasteiger partial charge in [0.15, 0.2) is 0 Å². The van der Waals surface area contributed by atoms with Crippen molar-refractivity contribution in [3.05, 3.63) is 35.7 Å². The van der Waals surface area contributed by atoms with Gasteiger partial charge in [-0.3, -0.25) is 4.79 Å². The van der Waals surface area contributed by atoms with Crippen molar-refractivity contribution >= 4 is 5.91 Å². The van der Waals surface area contributed by atoms with E-state index in [0.29, 0.717) is 35.7 Å². The van der Waals surface area contributed by atoms with Crippen LogP contribution in [0.15, 0.2) is 28.8 Å². The molecule has 6 nitrogen and oxygen atoms in total. The molecule has 1 heterocycles. The number of carbonyl (C=O) groups excluding carboxylic acids is 1. The second-order valence-electron chi connectivity index (χ2n) is 7.13. The number of rotatable bonds is 6. The largest absolute Gasteiger partial charge is 0.391 e. The Morgan fingerprint density at radius 2 is 2.08 bits per heavy atom. The molecule has 1 amide bonds. The number of amides is 1. The van der Waals surface area contributed by atoms with E-state index in [4.69, 9.17) is 4.52 Å². The lowest BCUT2D eigenvalue weighted by atomic mass is 10.0. The SMILES string of the molecule is O=C(NCC(O)C1CCCC1)c1cccc(-c2noc(C3CC3)n2)c1. The minimum atomic E-state index is -0.465. The number of hydrogen-bond acceptors (Lipinski definition) is 5. The molecule has 4 rings (SSSR count). The van der Waals surface area contributed by atoms with E-state index in [0.717, 1.165) is 31.2 Å². The Morgan fingerprint density at radius 1 is 1.28 bits per heavy atom. The Hall–Kier alpha value is -2.21. The molecule has 0 bridgehead atoms. The molecule has 2 saturated carbocycles. The van der Waals surface area contributed by atoms with Gasteiger partial charge in [0.25, 0.3) is 5.91 Å². The van der Waals surface area contributed by atoms with E-state index < -0.39 is 6.10 Å². The van der Waals surface area contributed by atoms with Crippen LogP contribution in [0.1, 0.15) is 60.7 Å². The Kier molecular flexibility index (Phi) is 4.53. The first-order valence-electron chi connectivity index (χ1n) is 9.11. The van der Waals surface area contributed by atoms with E-state index in [1.54, 1.807) is 12.1 Å². The molecule has 0 saturated heterocycles. The van der Waals surface area contributed by atoms with E-state index in [1.807, 2.05) is 12.1 Å². The van der Waals surface area contributed by atoms with Crippen LogP contribution < -0.4 is 5.32 Å². The number of aromatic nitrogens is 2. The molecule has 1 atom stereocenters. The van der Waals surface area contributed by atoms with Gasteiger partial charge in [-0.05, 0) is 43.7 Å². The van der Waals surface area contributed by atoms with E-state index in [9.17, 15) is 9.90 Å². The summed E-state index contributed by atoms with van der Waals surface area (Å²) < 4.78 is 5.28. The Bertz CT molecular complexity index is 748. The molecule has 2 aliphatic carbocycles. The zero-order valence-electron chi connectivity index (χ0n) is 14.1. The van der Waals surface area contributed by atoms with Crippen LogP contribution in [0.25, 0.3) is 11.4 Å².